The van der Waals surface area contributed by atoms with Crippen LogP contribution in [-0.4, -0.2) is 32.2 Å². The first-order valence-electron chi connectivity index (χ1n) is 7.19. The largest absolute Gasteiger partial charge is 0.321 e. The highest BCUT2D eigenvalue weighted by Gasteiger charge is 2.22. The minimum atomic E-state index is -3.52. The Balaban J connectivity index is 2.20. The van der Waals surface area contributed by atoms with Gasteiger partial charge < -0.3 is 5.32 Å². The number of rotatable bonds is 5. The third-order valence-electron chi connectivity index (χ3n) is 3.72. The van der Waals surface area contributed by atoms with E-state index in [2.05, 4.69) is 5.32 Å². The molecule has 2 aromatic rings. The molecule has 0 unspecified atom stereocenters. The fourth-order valence-corrected chi connectivity index (χ4v) is 4.27. The maximum absolute atomic E-state index is 12.3. The van der Waals surface area contributed by atoms with Gasteiger partial charge in [-0.15, -0.1) is 11.3 Å². The number of carbonyl (C=O) groups is 1. The van der Waals surface area contributed by atoms with Crippen LogP contribution in [0.1, 0.15) is 27.7 Å². The van der Waals surface area contributed by atoms with Crippen LogP contribution in [0.25, 0.3) is 0 Å². The third kappa shape index (κ3) is 3.80. The predicted octanol–water partition coefficient (Wildman–Crippen LogP) is 3.26. The molecule has 1 aromatic carbocycles. The fourth-order valence-electron chi connectivity index (χ4n) is 1.93. The quantitative estimate of drug-likeness (QED) is 0.898. The van der Waals surface area contributed by atoms with Gasteiger partial charge in [-0.1, -0.05) is 13.0 Å². The summed E-state index contributed by atoms with van der Waals surface area (Å²) in [6.45, 7) is 6.11. The van der Waals surface area contributed by atoms with Crippen LogP contribution in [0.15, 0.2) is 34.5 Å². The van der Waals surface area contributed by atoms with Crippen molar-refractivity contribution in [1.82, 2.24) is 4.31 Å². The Morgan fingerprint density at radius 1 is 1.22 bits per heavy atom. The molecule has 2 rings (SSSR count). The first-order chi connectivity index (χ1) is 10.8. The molecule has 0 fully saturated rings. The number of benzene rings is 1. The van der Waals surface area contributed by atoms with Crippen molar-refractivity contribution in [3.8, 4) is 0 Å². The topological polar surface area (TPSA) is 66.5 Å². The molecule has 124 valence electrons. The highest BCUT2D eigenvalue weighted by molar-refractivity contribution is 7.89. The summed E-state index contributed by atoms with van der Waals surface area (Å²) in [7, 11) is -2.01. The molecule has 0 spiro atoms. The van der Waals surface area contributed by atoms with Gasteiger partial charge in [0.2, 0.25) is 10.0 Å². The summed E-state index contributed by atoms with van der Waals surface area (Å²) in [5.41, 5.74) is 2.93. The van der Waals surface area contributed by atoms with Gasteiger partial charge in [0.15, 0.2) is 0 Å². The fraction of sp³-hybridized carbons (Fsp3) is 0.312. The summed E-state index contributed by atoms with van der Waals surface area (Å²) in [4.78, 5) is 12.8. The van der Waals surface area contributed by atoms with Gasteiger partial charge in [-0.25, -0.2) is 12.7 Å². The molecule has 0 aliphatic rings. The molecule has 5 nitrogen and oxygen atoms in total. The van der Waals surface area contributed by atoms with Crippen molar-refractivity contribution in [2.24, 2.45) is 0 Å². The van der Waals surface area contributed by atoms with Crippen LogP contribution in [0.4, 0.5) is 5.69 Å². The maximum atomic E-state index is 12.3. The number of hydrogen-bond donors (Lipinski definition) is 1. The Bertz CT molecular complexity index is 826. The van der Waals surface area contributed by atoms with Gasteiger partial charge in [-0.2, -0.15) is 0 Å². The van der Waals surface area contributed by atoms with Gasteiger partial charge in [0.25, 0.3) is 5.91 Å². The lowest BCUT2D eigenvalue weighted by molar-refractivity contribution is 0.103. The number of sulfonamides is 1. The lowest BCUT2D eigenvalue weighted by atomic mass is 10.1. The summed E-state index contributed by atoms with van der Waals surface area (Å²) in [6.07, 6.45) is 0. The number of nitrogens with zero attached hydrogens (tertiary/aromatic N) is 1. The molecule has 23 heavy (non-hydrogen) atoms. The molecule has 0 aliphatic heterocycles. The molecule has 1 amide bonds. The minimum Gasteiger partial charge on any atom is -0.321 e. The Morgan fingerprint density at radius 3 is 2.52 bits per heavy atom. The Morgan fingerprint density at radius 2 is 1.91 bits per heavy atom. The van der Waals surface area contributed by atoms with Crippen LogP contribution in [0.3, 0.4) is 0 Å². The SMILES string of the molecule is CCN(C)S(=O)(=O)c1csc(C(=O)Nc2ccc(C)c(C)c2)c1. The smallest absolute Gasteiger partial charge is 0.265 e. The molecule has 1 heterocycles. The first kappa shape index (κ1) is 17.7. The molecule has 7 heteroatoms. The average Bonchev–Trinajstić information content (AvgIpc) is 3.00. The van der Waals surface area contributed by atoms with Crippen LogP contribution in [0, 0.1) is 13.8 Å². The lowest BCUT2D eigenvalue weighted by Crippen LogP contribution is -2.26. The van der Waals surface area contributed by atoms with E-state index in [1.807, 2.05) is 32.0 Å². The van der Waals surface area contributed by atoms with E-state index in [1.165, 1.54) is 22.8 Å². The number of carbonyl (C=O) groups excluding carboxylic acids is 1. The van der Waals surface area contributed by atoms with Gasteiger partial charge in [0, 0.05) is 24.7 Å². The summed E-state index contributed by atoms with van der Waals surface area (Å²) in [6, 6.07) is 7.08. The molecular weight excluding hydrogens is 332 g/mol. The lowest BCUT2D eigenvalue weighted by Gasteiger charge is -2.12. The number of thiophene rings is 1. The predicted molar refractivity (Wildman–Crippen MR) is 93.7 cm³/mol. The van der Waals surface area contributed by atoms with Crippen LogP contribution in [-0.2, 0) is 10.0 Å². The normalized spacial score (nSPS) is 11.7. The minimum absolute atomic E-state index is 0.150. The van der Waals surface area contributed by atoms with E-state index < -0.39 is 10.0 Å². The van der Waals surface area contributed by atoms with E-state index in [0.29, 0.717) is 17.1 Å². The summed E-state index contributed by atoms with van der Waals surface area (Å²) < 4.78 is 25.7. The van der Waals surface area contributed by atoms with Crippen LogP contribution in [0.5, 0.6) is 0 Å². The van der Waals surface area contributed by atoms with Crippen molar-refractivity contribution < 1.29 is 13.2 Å². The van der Waals surface area contributed by atoms with Crippen molar-refractivity contribution in [3.05, 3.63) is 45.6 Å². The van der Waals surface area contributed by atoms with E-state index in [9.17, 15) is 13.2 Å². The number of amides is 1. The van der Waals surface area contributed by atoms with E-state index >= 15 is 0 Å². The van der Waals surface area contributed by atoms with Gasteiger partial charge in [-0.3, -0.25) is 4.79 Å². The standard InChI is InChI=1S/C16H20N2O3S2/c1-5-18(4)23(20,21)14-9-15(22-10-14)16(19)17-13-7-6-11(2)12(3)8-13/h6-10H,5H2,1-4H3,(H,17,19). The number of nitrogens with one attached hydrogen (secondary N) is 1. The van der Waals surface area contributed by atoms with E-state index in [-0.39, 0.29) is 10.8 Å². The zero-order valence-electron chi connectivity index (χ0n) is 13.6. The molecular formula is C16H20N2O3S2. The molecule has 1 aromatic heterocycles. The molecule has 0 radical (unpaired) electrons. The average molecular weight is 352 g/mol. The van der Waals surface area contributed by atoms with Crippen molar-refractivity contribution in [2.45, 2.75) is 25.7 Å². The van der Waals surface area contributed by atoms with Crippen molar-refractivity contribution >= 4 is 33.0 Å². The van der Waals surface area contributed by atoms with E-state index in [4.69, 9.17) is 0 Å². The third-order valence-corrected chi connectivity index (χ3v) is 6.71. The first-order valence-corrected chi connectivity index (χ1v) is 9.51. The second kappa shape index (κ2) is 6.82. The summed E-state index contributed by atoms with van der Waals surface area (Å²) in [5, 5.41) is 4.29. The van der Waals surface area contributed by atoms with E-state index in [0.717, 1.165) is 22.5 Å². The highest BCUT2D eigenvalue weighted by Crippen LogP contribution is 2.23. The molecule has 0 aliphatic carbocycles. The number of anilines is 1. The molecule has 0 saturated heterocycles. The number of hydrogen-bond acceptors (Lipinski definition) is 4. The maximum Gasteiger partial charge on any atom is 0.265 e. The van der Waals surface area contributed by atoms with Gasteiger partial charge in [0.05, 0.1) is 9.77 Å². The summed E-state index contributed by atoms with van der Waals surface area (Å²) >= 11 is 1.12. The van der Waals surface area contributed by atoms with Gasteiger partial charge in [0.1, 0.15) is 0 Å². The zero-order chi connectivity index (χ0) is 17.2. The second-order valence-electron chi connectivity index (χ2n) is 5.32. The number of aryl methyl sites for hydroxylation is 2. The van der Waals surface area contributed by atoms with Crippen LogP contribution in [0.2, 0.25) is 0 Å². The van der Waals surface area contributed by atoms with Gasteiger partial charge >= 0.3 is 0 Å². The van der Waals surface area contributed by atoms with E-state index in [1.54, 1.807) is 6.92 Å². The Labute approximate surface area is 141 Å². The molecule has 0 saturated carbocycles. The molecule has 1 N–H and O–H groups in total. The van der Waals surface area contributed by atoms with Crippen LogP contribution < -0.4 is 5.32 Å². The highest BCUT2D eigenvalue weighted by atomic mass is 32.2. The van der Waals surface area contributed by atoms with Crippen molar-refractivity contribution in [3.63, 3.8) is 0 Å². The van der Waals surface area contributed by atoms with Crippen molar-refractivity contribution in [2.75, 3.05) is 18.9 Å². The zero-order valence-corrected chi connectivity index (χ0v) is 15.2. The Hall–Kier alpha value is -1.70. The summed E-state index contributed by atoms with van der Waals surface area (Å²) in [5.74, 6) is -0.307. The van der Waals surface area contributed by atoms with Crippen LogP contribution >= 0.6 is 11.3 Å². The molecule has 0 atom stereocenters. The second-order valence-corrected chi connectivity index (χ2v) is 8.28. The Kier molecular flexibility index (Phi) is 5.23. The van der Waals surface area contributed by atoms with Gasteiger partial charge in [-0.05, 0) is 43.2 Å². The monoisotopic (exact) mass is 352 g/mol. The van der Waals surface area contributed by atoms with Crippen molar-refractivity contribution in [1.29, 1.82) is 0 Å². The molecule has 0 bridgehead atoms.